The number of fused-ring (bicyclic) bond motifs is 1. The Balaban J connectivity index is 1.83. The number of thiophene rings is 1. The molecule has 2 aromatic rings. The zero-order chi connectivity index (χ0) is 17.4. The number of rotatable bonds is 4. The number of aryl methyl sites for hydroxylation is 1. The molecular weight excluding hydrogens is 330 g/mol. The predicted octanol–water partition coefficient (Wildman–Crippen LogP) is 2.07. The summed E-state index contributed by atoms with van der Waals surface area (Å²) in [6, 6.07) is 1.91. The molecule has 3 heterocycles. The van der Waals surface area contributed by atoms with E-state index in [9.17, 15) is 9.59 Å². The van der Waals surface area contributed by atoms with Crippen molar-refractivity contribution in [1.29, 1.82) is 0 Å². The van der Waals surface area contributed by atoms with Gasteiger partial charge >= 0.3 is 5.97 Å². The van der Waals surface area contributed by atoms with Crippen LogP contribution in [0.3, 0.4) is 0 Å². The number of hydrogen-bond acceptors (Lipinski definition) is 5. The van der Waals surface area contributed by atoms with Crippen molar-refractivity contribution < 1.29 is 19.4 Å². The topological polar surface area (TPSA) is 84.7 Å². The van der Waals surface area contributed by atoms with Crippen molar-refractivity contribution in [2.45, 2.75) is 32.3 Å². The molecule has 2 aromatic heterocycles. The number of nitrogens with zero attached hydrogens (tertiary/aromatic N) is 3. The van der Waals surface area contributed by atoms with Gasteiger partial charge in [0.25, 0.3) is 5.91 Å². The van der Waals surface area contributed by atoms with E-state index in [1.165, 1.54) is 11.3 Å². The fourth-order valence-corrected chi connectivity index (χ4v) is 4.02. The van der Waals surface area contributed by atoms with Crippen LogP contribution in [0.5, 0.6) is 0 Å². The molecule has 0 bridgehead atoms. The maximum Gasteiger partial charge on any atom is 0.306 e. The van der Waals surface area contributed by atoms with Crippen LogP contribution in [0.15, 0.2) is 6.07 Å². The van der Waals surface area contributed by atoms with Crippen LogP contribution in [0.2, 0.25) is 0 Å². The lowest BCUT2D eigenvalue weighted by atomic mass is 10.1. The Morgan fingerprint density at radius 3 is 2.92 bits per heavy atom. The first-order chi connectivity index (χ1) is 11.4. The molecule has 8 heteroatoms. The van der Waals surface area contributed by atoms with Crippen LogP contribution < -0.4 is 0 Å². The Kier molecular flexibility index (Phi) is 4.60. The summed E-state index contributed by atoms with van der Waals surface area (Å²) in [5.41, 5.74) is 0.994. The minimum absolute atomic E-state index is 0.0652. The predicted molar refractivity (Wildman–Crippen MR) is 90.6 cm³/mol. The third-order valence-corrected chi connectivity index (χ3v) is 5.32. The molecule has 130 valence electrons. The normalized spacial score (nSPS) is 18.5. The molecule has 7 nitrogen and oxygen atoms in total. The van der Waals surface area contributed by atoms with Crippen molar-refractivity contribution >= 4 is 33.4 Å². The Morgan fingerprint density at radius 2 is 2.25 bits per heavy atom. The third-order valence-electron chi connectivity index (χ3n) is 4.13. The molecule has 24 heavy (non-hydrogen) atoms. The van der Waals surface area contributed by atoms with Crippen LogP contribution in [0.25, 0.3) is 10.2 Å². The number of amides is 1. The van der Waals surface area contributed by atoms with Crippen molar-refractivity contribution in [1.82, 2.24) is 14.7 Å². The van der Waals surface area contributed by atoms with Gasteiger partial charge < -0.3 is 14.7 Å². The highest BCUT2D eigenvalue weighted by Crippen LogP contribution is 2.32. The molecule has 0 aromatic carbocycles. The van der Waals surface area contributed by atoms with Crippen LogP contribution in [0, 0.1) is 0 Å². The van der Waals surface area contributed by atoms with Gasteiger partial charge in [-0.15, -0.1) is 11.3 Å². The highest BCUT2D eigenvalue weighted by molar-refractivity contribution is 7.20. The van der Waals surface area contributed by atoms with Crippen LogP contribution in [0.4, 0.5) is 0 Å². The fraction of sp³-hybridized carbons (Fsp3) is 0.562. The molecule has 0 radical (unpaired) electrons. The summed E-state index contributed by atoms with van der Waals surface area (Å²) in [7, 11) is 1.89. The second kappa shape index (κ2) is 6.52. The van der Waals surface area contributed by atoms with E-state index in [-0.39, 0.29) is 18.2 Å². The molecular formula is C16H21N3O4S. The SMILES string of the molecule is CC(C)c1nn(C)c2sc(C(=O)N3CCOC(CC(=O)O)C3)cc12. The third kappa shape index (κ3) is 3.16. The summed E-state index contributed by atoms with van der Waals surface area (Å²) < 4.78 is 7.25. The monoisotopic (exact) mass is 351 g/mol. The largest absolute Gasteiger partial charge is 0.481 e. The molecule has 1 aliphatic rings. The maximum absolute atomic E-state index is 12.8. The van der Waals surface area contributed by atoms with E-state index in [0.29, 0.717) is 24.6 Å². The van der Waals surface area contributed by atoms with E-state index >= 15 is 0 Å². The molecule has 0 spiro atoms. The molecule has 1 saturated heterocycles. The number of carbonyl (C=O) groups is 2. The second-order valence-electron chi connectivity index (χ2n) is 6.33. The number of ether oxygens (including phenoxy) is 1. The highest BCUT2D eigenvalue weighted by Gasteiger charge is 2.28. The summed E-state index contributed by atoms with van der Waals surface area (Å²) >= 11 is 1.43. The van der Waals surface area contributed by atoms with Gasteiger partial charge in [-0.3, -0.25) is 14.3 Å². The summed E-state index contributed by atoms with van der Waals surface area (Å²) in [5.74, 6) is -0.692. The highest BCUT2D eigenvalue weighted by atomic mass is 32.1. The van der Waals surface area contributed by atoms with Gasteiger partial charge in [-0.05, 0) is 12.0 Å². The van der Waals surface area contributed by atoms with Crippen LogP contribution >= 0.6 is 11.3 Å². The smallest absolute Gasteiger partial charge is 0.306 e. The molecule has 0 saturated carbocycles. The second-order valence-corrected chi connectivity index (χ2v) is 7.37. The van der Waals surface area contributed by atoms with Crippen molar-refractivity contribution in [3.63, 3.8) is 0 Å². The Morgan fingerprint density at radius 1 is 1.50 bits per heavy atom. The van der Waals surface area contributed by atoms with Crippen LogP contribution in [-0.2, 0) is 16.6 Å². The van der Waals surface area contributed by atoms with E-state index in [1.54, 1.807) is 4.90 Å². The standard InChI is InChI=1S/C16H21N3O4S/c1-9(2)14-11-7-12(24-16(11)18(3)17-14)15(22)19-4-5-23-10(8-19)6-13(20)21/h7,9-10H,4-6,8H2,1-3H3,(H,20,21). The zero-order valence-corrected chi connectivity index (χ0v) is 14.8. The lowest BCUT2D eigenvalue weighted by Crippen LogP contribution is -2.46. The fourth-order valence-electron chi connectivity index (χ4n) is 2.98. The Hall–Kier alpha value is -1.93. The number of hydrogen-bond donors (Lipinski definition) is 1. The van der Waals surface area contributed by atoms with E-state index in [4.69, 9.17) is 9.84 Å². The number of aliphatic carboxylic acids is 1. The Labute approximate surface area is 143 Å². The minimum Gasteiger partial charge on any atom is -0.481 e. The maximum atomic E-state index is 12.8. The van der Waals surface area contributed by atoms with E-state index < -0.39 is 12.1 Å². The zero-order valence-electron chi connectivity index (χ0n) is 14.0. The van der Waals surface area contributed by atoms with Gasteiger partial charge in [0.1, 0.15) is 4.83 Å². The van der Waals surface area contributed by atoms with Crippen molar-refractivity contribution in [3.8, 4) is 0 Å². The molecule has 1 amide bonds. The number of carboxylic acids is 1. The van der Waals surface area contributed by atoms with Gasteiger partial charge in [-0.2, -0.15) is 5.10 Å². The lowest BCUT2D eigenvalue weighted by molar-refractivity contribution is -0.141. The first-order valence-corrected chi connectivity index (χ1v) is 8.77. The van der Waals surface area contributed by atoms with Gasteiger partial charge in [-0.25, -0.2) is 0 Å². The minimum atomic E-state index is -0.913. The average molecular weight is 351 g/mol. The summed E-state index contributed by atoms with van der Waals surface area (Å²) in [5, 5.41) is 14.4. The molecule has 1 aliphatic heterocycles. The van der Waals surface area contributed by atoms with Gasteiger partial charge in [0.15, 0.2) is 0 Å². The van der Waals surface area contributed by atoms with E-state index in [2.05, 4.69) is 18.9 Å². The quantitative estimate of drug-likeness (QED) is 0.911. The molecule has 1 fully saturated rings. The summed E-state index contributed by atoms with van der Waals surface area (Å²) in [4.78, 5) is 27.0. The van der Waals surface area contributed by atoms with Gasteiger partial charge in [0.2, 0.25) is 0 Å². The van der Waals surface area contributed by atoms with Crippen molar-refractivity contribution in [2.75, 3.05) is 19.7 Å². The van der Waals surface area contributed by atoms with Gasteiger partial charge in [0, 0.05) is 25.5 Å². The molecule has 1 unspecified atom stereocenters. The van der Waals surface area contributed by atoms with Crippen molar-refractivity contribution in [3.05, 3.63) is 16.6 Å². The summed E-state index contributed by atoms with van der Waals surface area (Å²) in [6.45, 7) is 5.33. The number of aromatic nitrogens is 2. The van der Waals surface area contributed by atoms with Crippen LogP contribution in [0.1, 0.15) is 41.6 Å². The number of morpholine rings is 1. The first kappa shape index (κ1) is 16.9. The Bertz CT molecular complexity index is 780. The van der Waals surface area contributed by atoms with Crippen LogP contribution in [-0.4, -0.2) is 57.5 Å². The van der Waals surface area contributed by atoms with E-state index in [0.717, 1.165) is 15.9 Å². The molecule has 3 rings (SSSR count). The van der Waals surface area contributed by atoms with Crippen molar-refractivity contribution in [2.24, 2.45) is 7.05 Å². The lowest BCUT2D eigenvalue weighted by Gasteiger charge is -2.32. The first-order valence-electron chi connectivity index (χ1n) is 7.96. The number of carboxylic acid groups (broad SMARTS) is 1. The molecule has 1 N–H and O–H groups in total. The van der Waals surface area contributed by atoms with Gasteiger partial charge in [0.05, 0.1) is 29.7 Å². The number of carbonyl (C=O) groups excluding carboxylic acids is 1. The molecule has 0 aliphatic carbocycles. The summed E-state index contributed by atoms with van der Waals surface area (Å²) in [6.07, 6.45) is -0.528. The van der Waals surface area contributed by atoms with E-state index in [1.807, 2.05) is 17.8 Å². The molecule has 1 atom stereocenters. The van der Waals surface area contributed by atoms with Gasteiger partial charge in [-0.1, -0.05) is 13.8 Å². The average Bonchev–Trinajstić information content (AvgIpc) is 3.07.